The number of carbonyl (C=O) groups excluding carboxylic acids is 1. The minimum atomic E-state index is -5.92. The van der Waals surface area contributed by atoms with Crippen molar-refractivity contribution in [2.45, 2.75) is 24.0 Å². The molecule has 0 aromatic heterocycles. The van der Waals surface area contributed by atoms with Gasteiger partial charge < -0.3 is 9.50 Å². The molecule has 2 unspecified atom stereocenters. The molecular formula is C18H18ClF4N3O6S2. The van der Waals surface area contributed by atoms with E-state index in [1.807, 2.05) is 0 Å². The number of amides is 1. The summed E-state index contributed by atoms with van der Waals surface area (Å²) in [6.45, 7) is 0. The number of carbonyl (C=O) groups is 1. The van der Waals surface area contributed by atoms with E-state index in [1.54, 1.807) is 0 Å². The second-order valence-corrected chi connectivity index (χ2v) is 11.0. The van der Waals surface area contributed by atoms with Crippen LogP contribution in [0.25, 0.3) is 0 Å². The molecule has 0 aliphatic carbocycles. The highest BCUT2D eigenvalue weighted by Gasteiger charge is 2.48. The molecule has 2 aromatic rings. The van der Waals surface area contributed by atoms with Crippen molar-refractivity contribution in [3.8, 4) is 5.75 Å². The standard InChI is InChI=1S/C18H18ClF4N3O6S2/c1-26-16(17(27)24-11-5-6-14(20)13(19)8-11)9-15(25-34(26,30)31)10-3-2-4-12(7-10)32-33(28,29)18(21,22)23/h2-8,15-16,25,30-31H,9H2,1H3,(H,24,27). The van der Waals surface area contributed by atoms with Crippen LogP contribution < -0.4 is 14.2 Å². The summed E-state index contributed by atoms with van der Waals surface area (Å²) in [5.74, 6) is -2.07. The lowest BCUT2D eigenvalue weighted by Gasteiger charge is -2.50. The second kappa shape index (κ2) is 9.49. The van der Waals surface area contributed by atoms with E-state index < -0.39 is 56.1 Å². The van der Waals surface area contributed by atoms with E-state index in [1.165, 1.54) is 25.2 Å². The SMILES string of the molecule is CN1C(C(=O)Nc2ccc(F)c(Cl)c2)CC(c2cccc(OS(=O)(=O)C(F)(F)F)c2)NS1(O)O. The number of alkyl halides is 3. The topological polar surface area (TPSA) is 128 Å². The second-order valence-electron chi connectivity index (χ2n) is 7.16. The maximum atomic E-state index is 13.4. The van der Waals surface area contributed by atoms with Gasteiger partial charge in [-0.25, -0.2) is 4.39 Å². The van der Waals surface area contributed by atoms with Crippen molar-refractivity contribution in [3.05, 3.63) is 58.9 Å². The summed E-state index contributed by atoms with van der Waals surface area (Å²) >= 11 is 5.70. The van der Waals surface area contributed by atoms with Gasteiger partial charge in [0.2, 0.25) is 5.91 Å². The van der Waals surface area contributed by atoms with E-state index in [2.05, 4.69) is 14.2 Å². The van der Waals surface area contributed by atoms with Gasteiger partial charge in [0.05, 0.1) is 11.1 Å². The summed E-state index contributed by atoms with van der Waals surface area (Å²) in [6.07, 6.45) is -0.109. The molecule has 3 rings (SSSR count). The van der Waals surface area contributed by atoms with Gasteiger partial charge in [-0.05, 0) is 42.3 Å². The first-order valence-corrected chi connectivity index (χ1v) is 12.5. The number of nitrogens with one attached hydrogen (secondary N) is 2. The number of hydrogen-bond donors (Lipinski definition) is 4. The van der Waals surface area contributed by atoms with Gasteiger partial charge in [-0.2, -0.15) is 30.6 Å². The van der Waals surface area contributed by atoms with Crippen LogP contribution in [-0.4, -0.2) is 46.3 Å². The van der Waals surface area contributed by atoms with Crippen molar-refractivity contribution < 1.29 is 44.1 Å². The van der Waals surface area contributed by atoms with Crippen LogP contribution in [0.1, 0.15) is 18.0 Å². The molecule has 0 saturated carbocycles. The van der Waals surface area contributed by atoms with E-state index in [0.717, 1.165) is 28.6 Å². The molecule has 1 saturated heterocycles. The van der Waals surface area contributed by atoms with E-state index >= 15 is 0 Å². The lowest BCUT2D eigenvalue weighted by molar-refractivity contribution is -0.120. The molecule has 2 aromatic carbocycles. The van der Waals surface area contributed by atoms with Gasteiger partial charge in [-0.15, -0.1) is 0 Å². The highest BCUT2D eigenvalue weighted by molar-refractivity contribution is 8.20. The Morgan fingerprint density at radius 2 is 1.94 bits per heavy atom. The predicted octanol–water partition coefficient (Wildman–Crippen LogP) is 4.26. The summed E-state index contributed by atoms with van der Waals surface area (Å²) in [5, 5.41) is 2.24. The van der Waals surface area contributed by atoms with Crippen LogP contribution in [0.4, 0.5) is 23.2 Å². The molecule has 34 heavy (non-hydrogen) atoms. The minimum absolute atomic E-state index is 0.109. The van der Waals surface area contributed by atoms with Crippen LogP contribution in [0.2, 0.25) is 5.02 Å². The van der Waals surface area contributed by atoms with Crippen LogP contribution in [0, 0.1) is 5.82 Å². The van der Waals surface area contributed by atoms with Crippen molar-refractivity contribution in [3.63, 3.8) is 0 Å². The third-order valence-electron chi connectivity index (χ3n) is 4.84. The molecule has 1 aliphatic rings. The van der Waals surface area contributed by atoms with Gasteiger partial charge in [0, 0.05) is 12.7 Å². The molecule has 2 atom stereocenters. The lowest BCUT2D eigenvalue weighted by atomic mass is 9.99. The van der Waals surface area contributed by atoms with E-state index in [-0.39, 0.29) is 22.7 Å². The summed E-state index contributed by atoms with van der Waals surface area (Å²) in [6, 6.07) is 5.80. The zero-order valence-electron chi connectivity index (χ0n) is 17.1. The number of hydrogen-bond acceptors (Lipinski definition) is 8. The average molecular weight is 548 g/mol. The highest BCUT2D eigenvalue weighted by Crippen LogP contribution is 2.48. The largest absolute Gasteiger partial charge is 0.534 e. The van der Waals surface area contributed by atoms with Crippen LogP contribution in [-0.2, 0) is 14.9 Å². The predicted molar refractivity (Wildman–Crippen MR) is 117 cm³/mol. The van der Waals surface area contributed by atoms with Crippen molar-refractivity contribution in [1.29, 1.82) is 0 Å². The summed E-state index contributed by atoms with van der Waals surface area (Å²) in [5.41, 5.74) is -5.37. The minimum Gasteiger partial charge on any atom is -0.376 e. The van der Waals surface area contributed by atoms with Crippen molar-refractivity contribution in [2.24, 2.45) is 0 Å². The molecule has 0 radical (unpaired) electrons. The fourth-order valence-corrected chi connectivity index (χ4v) is 5.05. The van der Waals surface area contributed by atoms with Gasteiger partial charge in [0.1, 0.15) is 17.6 Å². The molecule has 1 amide bonds. The van der Waals surface area contributed by atoms with Crippen LogP contribution in [0.15, 0.2) is 42.5 Å². The Morgan fingerprint density at radius 1 is 1.26 bits per heavy atom. The maximum absolute atomic E-state index is 13.4. The zero-order valence-corrected chi connectivity index (χ0v) is 19.5. The monoisotopic (exact) mass is 547 g/mol. The Kier molecular flexibility index (Phi) is 7.38. The molecule has 1 fully saturated rings. The van der Waals surface area contributed by atoms with Crippen LogP contribution in [0.3, 0.4) is 0 Å². The zero-order chi connectivity index (χ0) is 25.5. The number of likely N-dealkylation sites (N-methyl/N-ethyl adjacent to an activating group) is 1. The Balaban J connectivity index is 1.84. The third-order valence-corrected chi connectivity index (χ3v) is 7.77. The Labute approximate surface area is 198 Å². The molecule has 4 N–H and O–H groups in total. The fraction of sp³-hybridized carbons (Fsp3) is 0.278. The molecule has 188 valence electrons. The summed E-state index contributed by atoms with van der Waals surface area (Å²) in [4.78, 5) is 12.8. The molecule has 9 nitrogen and oxygen atoms in total. The van der Waals surface area contributed by atoms with E-state index in [4.69, 9.17) is 11.6 Å². The number of benzene rings is 2. The first-order valence-electron chi connectivity index (χ1n) is 9.26. The van der Waals surface area contributed by atoms with Gasteiger partial charge in [0.15, 0.2) is 0 Å². The third kappa shape index (κ3) is 5.73. The van der Waals surface area contributed by atoms with Crippen molar-refractivity contribution >= 4 is 44.3 Å². The Bertz CT molecular complexity index is 1200. The summed E-state index contributed by atoms with van der Waals surface area (Å²) in [7, 11) is -8.39. The van der Waals surface area contributed by atoms with E-state index in [9.17, 15) is 39.9 Å². The number of anilines is 1. The molecule has 0 spiro atoms. The fourth-order valence-electron chi connectivity index (χ4n) is 3.10. The molecule has 1 aliphatic heterocycles. The van der Waals surface area contributed by atoms with Gasteiger partial charge in [-0.1, -0.05) is 34.7 Å². The average Bonchev–Trinajstić information content (AvgIpc) is 2.71. The Hall–Kier alpha value is -2.14. The molecule has 0 bridgehead atoms. The maximum Gasteiger partial charge on any atom is 0.534 e. The number of rotatable bonds is 5. The quantitative estimate of drug-likeness (QED) is 0.248. The Morgan fingerprint density at radius 3 is 2.56 bits per heavy atom. The van der Waals surface area contributed by atoms with E-state index in [0.29, 0.717) is 0 Å². The first kappa shape index (κ1) is 26.5. The number of nitrogens with zero attached hydrogens (tertiary/aromatic N) is 1. The summed E-state index contributed by atoms with van der Waals surface area (Å²) < 4.78 is 102. The highest BCUT2D eigenvalue weighted by atomic mass is 35.5. The van der Waals surface area contributed by atoms with Gasteiger partial charge >= 0.3 is 15.6 Å². The van der Waals surface area contributed by atoms with Crippen LogP contribution >= 0.6 is 22.6 Å². The van der Waals surface area contributed by atoms with Crippen molar-refractivity contribution in [2.75, 3.05) is 12.4 Å². The van der Waals surface area contributed by atoms with Crippen LogP contribution in [0.5, 0.6) is 5.75 Å². The normalized spacial score (nSPS) is 22.1. The number of halogens is 5. The smallest absolute Gasteiger partial charge is 0.376 e. The lowest BCUT2D eigenvalue weighted by Crippen LogP contribution is -2.53. The van der Waals surface area contributed by atoms with Gasteiger partial charge in [0.25, 0.3) is 0 Å². The van der Waals surface area contributed by atoms with Crippen molar-refractivity contribution in [1.82, 2.24) is 9.03 Å². The first-order chi connectivity index (χ1) is 15.6. The van der Waals surface area contributed by atoms with Gasteiger partial charge in [-0.3, -0.25) is 13.9 Å². The molecular weight excluding hydrogens is 530 g/mol. The molecule has 16 heteroatoms. The molecule has 1 heterocycles.